The summed E-state index contributed by atoms with van der Waals surface area (Å²) >= 11 is 0. The third-order valence-electron chi connectivity index (χ3n) is 2.52. The second kappa shape index (κ2) is 5.78. The lowest BCUT2D eigenvalue weighted by atomic mass is 10.1. The Morgan fingerprint density at radius 3 is 2.74 bits per heavy atom. The van der Waals surface area contributed by atoms with Crippen LogP contribution in [0.3, 0.4) is 0 Å². The van der Waals surface area contributed by atoms with Crippen LogP contribution in [0.15, 0.2) is 48.5 Å². The molecule has 0 amide bonds. The van der Waals surface area contributed by atoms with Crippen LogP contribution in [0.2, 0.25) is 0 Å². The summed E-state index contributed by atoms with van der Waals surface area (Å²) in [5, 5.41) is 8.75. The number of hydrogen-bond donors (Lipinski definition) is 0. The second-order valence-electron chi connectivity index (χ2n) is 3.87. The summed E-state index contributed by atoms with van der Waals surface area (Å²) in [5.41, 5.74) is 1.07. The van der Waals surface area contributed by atoms with Gasteiger partial charge in [0.2, 0.25) is 0 Å². The molecule has 0 aliphatic heterocycles. The zero-order valence-corrected chi connectivity index (χ0v) is 9.97. The molecule has 0 radical (unpaired) electrons. The quantitative estimate of drug-likeness (QED) is 0.792. The van der Waals surface area contributed by atoms with Crippen LogP contribution in [0.1, 0.15) is 21.5 Å². The maximum absolute atomic E-state index is 13.3. The number of nitrogens with zero attached hydrogens (tertiary/aromatic N) is 1. The lowest BCUT2D eigenvalue weighted by Gasteiger charge is -2.05. The molecule has 0 bridgehead atoms. The van der Waals surface area contributed by atoms with E-state index in [0.717, 1.165) is 0 Å². The minimum atomic E-state index is -0.722. The normalized spacial score (nSPS) is 9.68. The molecular formula is C15H10FNO2. The fourth-order valence-corrected chi connectivity index (χ4v) is 1.58. The van der Waals surface area contributed by atoms with E-state index in [4.69, 9.17) is 10.00 Å². The third kappa shape index (κ3) is 3.17. The van der Waals surface area contributed by atoms with Gasteiger partial charge in [-0.1, -0.05) is 24.3 Å². The van der Waals surface area contributed by atoms with Crippen LogP contribution in [-0.4, -0.2) is 5.97 Å². The van der Waals surface area contributed by atoms with Gasteiger partial charge in [-0.3, -0.25) is 0 Å². The number of halogens is 1. The van der Waals surface area contributed by atoms with Gasteiger partial charge in [0, 0.05) is 0 Å². The first-order valence-corrected chi connectivity index (χ1v) is 5.61. The molecule has 0 atom stereocenters. The second-order valence-corrected chi connectivity index (χ2v) is 3.87. The summed E-state index contributed by atoms with van der Waals surface area (Å²) in [6, 6.07) is 14.3. The first-order chi connectivity index (χ1) is 9.20. The molecule has 2 rings (SSSR count). The van der Waals surface area contributed by atoms with Crippen molar-refractivity contribution >= 4 is 5.97 Å². The van der Waals surface area contributed by atoms with E-state index in [2.05, 4.69) is 0 Å². The van der Waals surface area contributed by atoms with E-state index >= 15 is 0 Å². The highest BCUT2D eigenvalue weighted by Crippen LogP contribution is 2.11. The van der Waals surface area contributed by atoms with Crippen LogP contribution >= 0.6 is 0 Å². The van der Waals surface area contributed by atoms with E-state index < -0.39 is 11.8 Å². The SMILES string of the molecule is N#Cc1cccc(COC(=O)c2ccccc2F)c1. The molecule has 0 fully saturated rings. The van der Waals surface area contributed by atoms with Gasteiger partial charge in [-0.15, -0.1) is 0 Å². The van der Waals surface area contributed by atoms with E-state index in [1.807, 2.05) is 6.07 Å². The average molecular weight is 255 g/mol. The number of hydrogen-bond acceptors (Lipinski definition) is 3. The molecule has 2 aromatic carbocycles. The van der Waals surface area contributed by atoms with E-state index in [-0.39, 0.29) is 12.2 Å². The lowest BCUT2D eigenvalue weighted by molar-refractivity contribution is 0.0467. The Hall–Kier alpha value is -2.67. The molecule has 2 aromatic rings. The molecular weight excluding hydrogens is 245 g/mol. The Kier molecular flexibility index (Phi) is 3.89. The molecule has 94 valence electrons. The fraction of sp³-hybridized carbons (Fsp3) is 0.0667. The van der Waals surface area contributed by atoms with Crippen LogP contribution in [0.4, 0.5) is 4.39 Å². The van der Waals surface area contributed by atoms with Gasteiger partial charge in [0.25, 0.3) is 0 Å². The highest BCUT2D eigenvalue weighted by atomic mass is 19.1. The van der Waals surface area contributed by atoms with Crippen LogP contribution < -0.4 is 0 Å². The predicted octanol–water partition coefficient (Wildman–Crippen LogP) is 3.05. The highest BCUT2D eigenvalue weighted by Gasteiger charge is 2.12. The Bertz CT molecular complexity index is 647. The van der Waals surface area contributed by atoms with Crippen molar-refractivity contribution in [3.8, 4) is 6.07 Å². The van der Waals surface area contributed by atoms with Gasteiger partial charge >= 0.3 is 5.97 Å². The molecule has 0 aliphatic rings. The molecule has 0 aromatic heterocycles. The van der Waals surface area contributed by atoms with Gasteiger partial charge < -0.3 is 4.74 Å². The van der Waals surface area contributed by atoms with Crippen molar-refractivity contribution in [2.24, 2.45) is 0 Å². The van der Waals surface area contributed by atoms with Crippen LogP contribution in [0.25, 0.3) is 0 Å². The van der Waals surface area contributed by atoms with Gasteiger partial charge in [-0.25, -0.2) is 9.18 Å². The largest absolute Gasteiger partial charge is 0.457 e. The number of carbonyl (C=O) groups is 1. The smallest absolute Gasteiger partial charge is 0.341 e. The Morgan fingerprint density at radius 1 is 1.21 bits per heavy atom. The van der Waals surface area contributed by atoms with Gasteiger partial charge in [0.15, 0.2) is 0 Å². The minimum absolute atomic E-state index is 0.00267. The number of rotatable bonds is 3. The topological polar surface area (TPSA) is 50.1 Å². The molecule has 4 heteroatoms. The predicted molar refractivity (Wildman–Crippen MR) is 66.7 cm³/mol. The monoisotopic (exact) mass is 255 g/mol. The Labute approximate surface area is 109 Å². The number of nitriles is 1. The standard InChI is InChI=1S/C15H10FNO2/c16-14-7-2-1-6-13(14)15(18)19-10-12-5-3-4-11(8-12)9-17/h1-8H,10H2. The van der Waals surface area contributed by atoms with E-state index in [0.29, 0.717) is 11.1 Å². The van der Waals surface area contributed by atoms with Crippen molar-refractivity contribution < 1.29 is 13.9 Å². The fourth-order valence-electron chi connectivity index (χ4n) is 1.58. The minimum Gasteiger partial charge on any atom is -0.457 e. The molecule has 0 N–H and O–H groups in total. The summed E-state index contributed by atoms with van der Waals surface area (Å²) in [6.07, 6.45) is 0. The molecule has 0 aliphatic carbocycles. The van der Waals surface area contributed by atoms with Gasteiger partial charge in [0.1, 0.15) is 12.4 Å². The van der Waals surface area contributed by atoms with Gasteiger partial charge in [-0.2, -0.15) is 5.26 Å². The van der Waals surface area contributed by atoms with E-state index in [1.165, 1.54) is 18.2 Å². The maximum Gasteiger partial charge on any atom is 0.341 e. The molecule has 0 saturated carbocycles. The number of ether oxygens (including phenoxy) is 1. The number of benzene rings is 2. The van der Waals surface area contributed by atoms with Crippen LogP contribution in [0.5, 0.6) is 0 Å². The zero-order chi connectivity index (χ0) is 13.7. The first kappa shape index (κ1) is 12.8. The van der Waals surface area contributed by atoms with Crippen molar-refractivity contribution in [2.75, 3.05) is 0 Å². The maximum atomic E-state index is 13.3. The molecule has 0 spiro atoms. The summed E-state index contributed by atoms with van der Waals surface area (Å²) in [4.78, 5) is 11.7. The summed E-state index contributed by atoms with van der Waals surface area (Å²) in [7, 11) is 0. The van der Waals surface area contributed by atoms with Crippen molar-refractivity contribution in [1.29, 1.82) is 5.26 Å². The zero-order valence-electron chi connectivity index (χ0n) is 9.97. The Balaban J connectivity index is 2.05. The number of esters is 1. The molecule has 0 unspecified atom stereocenters. The van der Waals surface area contributed by atoms with Crippen LogP contribution in [-0.2, 0) is 11.3 Å². The van der Waals surface area contributed by atoms with Gasteiger partial charge in [0.05, 0.1) is 17.2 Å². The van der Waals surface area contributed by atoms with Crippen molar-refractivity contribution in [1.82, 2.24) is 0 Å². The van der Waals surface area contributed by atoms with E-state index in [1.54, 1.807) is 30.3 Å². The molecule has 19 heavy (non-hydrogen) atoms. The van der Waals surface area contributed by atoms with Gasteiger partial charge in [-0.05, 0) is 29.8 Å². The average Bonchev–Trinajstić information content (AvgIpc) is 2.45. The van der Waals surface area contributed by atoms with Crippen LogP contribution in [0, 0.1) is 17.1 Å². The molecule has 3 nitrogen and oxygen atoms in total. The van der Waals surface area contributed by atoms with Crippen molar-refractivity contribution in [2.45, 2.75) is 6.61 Å². The summed E-state index contributed by atoms with van der Waals surface area (Å²) < 4.78 is 18.3. The van der Waals surface area contributed by atoms with E-state index in [9.17, 15) is 9.18 Å². The third-order valence-corrected chi connectivity index (χ3v) is 2.52. The highest BCUT2D eigenvalue weighted by molar-refractivity contribution is 5.89. The van der Waals surface area contributed by atoms with Crippen molar-refractivity contribution in [3.63, 3.8) is 0 Å². The summed E-state index contributed by atoms with van der Waals surface area (Å²) in [5.74, 6) is -1.33. The Morgan fingerprint density at radius 2 is 2.00 bits per heavy atom. The summed E-state index contributed by atoms with van der Waals surface area (Å²) in [6.45, 7) is 0.00267. The molecule has 0 saturated heterocycles. The lowest BCUT2D eigenvalue weighted by Crippen LogP contribution is -2.07. The molecule has 0 heterocycles. The first-order valence-electron chi connectivity index (χ1n) is 5.61. The number of carbonyl (C=O) groups excluding carboxylic acids is 1. The van der Waals surface area contributed by atoms with Crippen molar-refractivity contribution in [3.05, 3.63) is 71.0 Å².